The van der Waals surface area contributed by atoms with Crippen LogP contribution < -0.4 is 5.32 Å². The summed E-state index contributed by atoms with van der Waals surface area (Å²) in [4.78, 5) is 25.5. The fraction of sp³-hybridized carbons (Fsp3) is 0.0435. The summed E-state index contributed by atoms with van der Waals surface area (Å²) in [6.45, 7) is -0.0176. The molecule has 4 aromatic rings. The van der Waals surface area contributed by atoms with Crippen molar-refractivity contribution in [2.75, 3.05) is 5.32 Å². The first-order valence-corrected chi connectivity index (χ1v) is 9.34. The summed E-state index contributed by atoms with van der Waals surface area (Å²) in [7, 11) is 0. The number of benzene rings is 3. The molecule has 1 aromatic heterocycles. The molecule has 0 fully saturated rings. The Morgan fingerprint density at radius 2 is 1.59 bits per heavy atom. The number of rotatable bonds is 5. The van der Waals surface area contributed by atoms with Gasteiger partial charge in [0.2, 0.25) is 5.91 Å². The van der Waals surface area contributed by atoms with Crippen LogP contribution in [-0.4, -0.2) is 16.3 Å². The van der Waals surface area contributed by atoms with E-state index in [4.69, 9.17) is 11.6 Å². The number of fused-ring (bicyclic) bond motifs is 1. The fourth-order valence-corrected chi connectivity index (χ4v) is 3.44. The average Bonchev–Trinajstić information content (AvgIpc) is 3.08. The van der Waals surface area contributed by atoms with Gasteiger partial charge in [0.05, 0.1) is 16.3 Å². The van der Waals surface area contributed by atoms with Gasteiger partial charge in [-0.25, -0.2) is 4.39 Å². The lowest BCUT2D eigenvalue weighted by atomic mass is 10.0. The minimum atomic E-state index is -0.578. The largest absolute Gasteiger partial charge is 0.337 e. The molecule has 0 atom stereocenters. The van der Waals surface area contributed by atoms with Crippen molar-refractivity contribution >= 4 is 39.9 Å². The van der Waals surface area contributed by atoms with Gasteiger partial charge in [0, 0.05) is 22.7 Å². The van der Waals surface area contributed by atoms with E-state index in [2.05, 4.69) is 5.32 Å². The van der Waals surface area contributed by atoms with Crippen LogP contribution in [0.5, 0.6) is 0 Å². The molecule has 1 heterocycles. The third kappa shape index (κ3) is 3.77. The summed E-state index contributed by atoms with van der Waals surface area (Å²) in [5.74, 6) is -1.29. The molecule has 29 heavy (non-hydrogen) atoms. The summed E-state index contributed by atoms with van der Waals surface area (Å²) in [5, 5.41) is 3.86. The van der Waals surface area contributed by atoms with E-state index in [9.17, 15) is 14.0 Å². The highest BCUT2D eigenvalue weighted by Gasteiger charge is 2.20. The number of aromatic nitrogens is 1. The van der Waals surface area contributed by atoms with Crippen molar-refractivity contribution in [3.05, 3.63) is 101 Å². The first-order chi connectivity index (χ1) is 14.0. The van der Waals surface area contributed by atoms with E-state index in [1.807, 2.05) is 12.1 Å². The molecular formula is C23H16ClFN2O2. The smallest absolute Gasteiger partial charge is 0.244 e. The second-order valence-corrected chi connectivity index (χ2v) is 6.93. The highest BCUT2D eigenvalue weighted by atomic mass is 35.5. The molecule has 6 heteroatoms. The van der Waals surface area contributed by atoms with Crippen LogP contribution in [0, 0.1) is 5.82 Å². The molecule has 4 rings (SSSR count). The lowest BCUT2D eigenvalue weighted by Crippen LogP contribution is -2.18. The number of carbonyl (C=O) groups is 2. The normalized spacial score (nSPS) is 10.8. The maximum atomic E-state index is 14.1. The van der Waals surface area contributed by atoms with Gasteiger partial charge in [0.15, 0.2) is 5.78 Å². The fourth-order valence-electron chi connectivity index (χ4n) is 3.26. The number of amides is 1. The zero-order chi connectivity index (χ0) is 20.4. The molecule has 0 saturated carbocycles. The molecule has 0 bridgehead atoms. The summed E-state index contributed by atoms with van der Waals surface area (Å²) in [6.07, 6.45) is 1.59. The van der Waals surface area contributed by atoms with Crippen molar-refractivity contribution in [1.82, 2.24) is 4.57 Å². The van der Waals surface area contributed by atoms with Crippen LogP contribution >= 0.6 is 11.6 Å². The van der Waals surface area contributed by atoms with Gasteiger partial charge in [-0.15, -0.1) is 0 Å². The molecule has 3 aromatic carbocycles. The molecule has 0 radical (unpaired) electrons. The van der Waals surface area contributed by atoms with Gasteiger partial charge >= 0.3 is 0 Å². The van der Waals surface area contributed by atoms with E-state index in [1.54, 1.807) is 53.2 Å². The molecule has 0 aliphatic carbocycles. The average molecular weight is 407 g/mol. The van der Waals surface area contributed by atoms with Crippen LogP contribution in [0.1, 0.15) is 15.9 Å². The lowest BCUT2D eigenvalue weighted by Gasteiger charge is -2.08. The molecule has 0 aliphatic rings. The van der Waals surface area contributed by atoms with Crippen LogP contribution in [-0.2, 0) is 11.3 Å². The highest BCUT2D eigenvalue weighted by Crippen LogP contribution is 2.25. The van der Waals surface area contributed by atoms with Crippen molar-refractivity contribution in [3.8, 4) is 0 Å². The zero-order valence-corrected chi connectivity index (χ0v) is 16.0. The van der Waals surface area contributed by atoms with Gasteiger partial charge in [-0.2, -0.15) is 0 Å². The van der Waals surface area contributed by atoms with Crippen LogP contribution in [0.15, 0.2) is 79.0 Å². The topological polar surface area (TPSA) is 51.1 Å². The van der Waals surface area contributed by atoms with Gasteiger partial charge in [-0.1, -0.05) is 54.1 Å². The number of ketones is 1. The summed E-state index contributed by atoms with van der Waals surface area (Å²) >= 11 is 6.09. The molecule has 4 nitrogen and oxygen atoms in total. The lowest BCUT2D eigenvalue weighted by molar-refractivity contribution is -0.116. The van der Waals surface area contributed by atoms with Gasteiger partial charge in [-0.05, 0) is 30.3 Å². The number of anilines is 1. The zero-order valence-electron chi connectivity index (χ0n) is 15.2. The Morgan fingerprint density at radius 1 is 0.897 bits per heavy atom. The number of nitrogens with one attached hydrogen (secondary N) is 1. The van der Waals surface area contributed by atoms with Crippen molar-refractivity contribution < 1.29 is 14.0 Å². The Hall–Kier alpha value is -3.44. The Bertz CT molecular complexity index is 1230. The molecule has 0 unspecified atom stereocenters. The second kappa shape index (κ2) is 7.89. The number of halogens is 2. The minimum Gasteiger partial charge on any atom is -0.337 e. The van der Waals surface area contributed by atoms with Crippen LogP contribution in [0.4, 0.5) is 10.1 Å². The first-order valence-electron chi connectivity index (χ1n) is 8.96. The van der Waals surface area contributed by atoms with Gasteiger partial charge < -0.3 is 9.88 Å². The van der Waals surface area contributed by atoms with E-state index in [-0.39, 0.29) is 18.0 Å². The predicted molar refractivity (Wildman–Crippen MR) is 112 cm³/mol. The van der Waals surface area contributed by atoms with E-state index in [0.717, 1.165) is 0 Å². The van der Waals surface area contributed by atoms with Crippen LogP contribution in [0.25, 0.3) is 10.9 Å². The van der Waals surface area contributed by atoms with Crippen molar-refractivity contribution in [2.24, 2.45) is 0 Å². The van der Waals surface area contributed by atoms with Gasteiger partial charge in [0.1, 0.15) is 12.4 Å². The number of carbonyl (C=O) groups excluding carboxylic acids is 2. The van der Waals surface area contributed by atoms with Gasteiger partial charge in [-0.3, -0.25) is 9.59 Å². The Balaban J connectivity index is 1.68. The summed E-state index contributed by atoms with van der Waals surface area (Å²) in [6, 6.07) is 20.0. The van der Waals surface area contributed by atoms with E-state index < -0.39 is 11.6 Å². The maximum absolute atomic E-state index is 14.1. The van der Waals surface area contributed by atoms with Crippen LogP contribution in [0.2, 0.25) is 5.02 Å². The maximum Gasteiger partial charge on any atom is 0.244 e. The second-order valence-electron chi connectivity index (χ2n) is 6.52. The molecule has 1 amide bonds. The SMILES string of the molecule is O=C(Cn1cc(C(=O)c2ccccc2F)c2ccccc21)Nc1ccccc1Cl. The third-order valence-corrected chi connectivity index (χ3v) is 4.94. The van der Waals surface area contributed by atoms with Crippen LogP contribution in [0.3, 0.4) is 0 Å². The monoisotopic (exact) mass is 406 g/mol. The van der Waals surface area contributed by atoms with E-state index in [0.29, 0.717) is 27.2 Å². The Labute approximate surface area is 171 Å². The van der Waals surface area contributed by atoms with Crippen molar-refractivity contribution in [1.29, 1.82) is 0 Å². The first kappa shape index (κ1) is 18.9. The molecule has 0 spiro atoms. The number of hydrogen-bond acceptors (Lipinski definition) is 2. The number of para-hydroxylation sites is 2. The minimum absolute atomic E-state index is 0.00378. The molecule has 0 aliphatic heterocycles. The highest BCUT2D eigenvalue weighted by molar-refractivity contribution is 6.33. The quantitative estimate of drug-likeness (QED) is 0.457. The third-order valence-electron chi connectivity index (χ3n) is 4.61. The summed E-state index contributed by atoms with van der Waals surface area (Å²) in [5.41, 5.74) is 1.56. The Kier molecular flexibility index (Phi) is 5.14. The molecular weight excluding hydrogens is 391 g/mol. The standard InChI is InChI=1S/C23H16ClFN2O2/c24-18-9-3-5-11-20(18)26-22(28)14-27-13-17(15-7-2-6-12-21(15)27)23(29)16-8-1-4-10-19(16)25/h1-13H,14H2,(H,26,28). The van der Waals surface area contributed by atoms with E-state index >= 15 is 0 Å². The number of hydrogen-bond donors (Lipinski definition) is 1. The summed E-state index contributed by atoms with van der Waals surface area (Å²) < 4.78 is 15.8. The molecule has 144 valence electrons. The molecule has 0 saturated heterocycles. The Morgan fingerprint density at radius 3 is 2.38 bits per heavy atom. The molecule has 1 N–H and O–H groups in total. The van der Waals surface area contributed by atoms with E-state index in [1.165, 1.54) is 18.2 Å². The number of nitrogens with zero attached hydrogens (tertiary/aromatic N) is 1. The predicted octanol–water partition coefficient (Wildman–Crippen LogP) is 5.30. The van der Waals surface area contributed by atoms with Gasteiger partial charge in [0.25, 0.3) is 0 Å². The van der Waals surface area contributed by atoms with Crippen molar-refractivity contribution in [2.45, 2.75) is 6.54 Å². The van der Waals surface area contributed by atoms with Crippen molar-refractivity contribution in [3.63, 3.8) is 0 Å².